The number of ether oxygens (including phenoxy) is 1. The minimum atomic E-state index is -0.276. The SMILES string of the molecule is Cc1ccc(-c2ccc3c(c2)C(=O)Nc2cccc(n2)-c2nncn2[C@H]2C[C@@H](CO3)C2)cn1. The van der Waals surface area contributed by atoms with Crippen LogP contribution < -0.4 is 10.1 Å². The van der Waals surface area contributed by atoms with Crippen LogP contribution in [0.3, 0.4) is 0 Å². The smallest absolute Gasteiger partial charge is 0.260 e. The first-order chi connectivity index (χ1) is 16.1. The molecule has 0 spiro atoms. The molecule has 1 fully saturated rings. The van der Waals surface area contributed by atoms with Gasteiger partial charge in [0.25, 0.3) is 5.91 Å². The second-order valence-corrected chi connectivity index (χ2v) is 8.63. The van der Waals surface area contributed by atoms with E-state index in [0.29, 0.717) is 47.2 Å². The van der Waals surface area contributed by atoms with E-state index >= 15 is 0 Å². The first-order valence-electron chi connectivity index (χ1n) is 11.0. The lowest BCUT2D eigenvalue weighted by atomic mass is 9.80. The van der Waals surface area contributed by atoms with Gasteiger partial charge in [-0.15, -0.1) is 10.2 Å². The molecule has 1 aliphatic carbocycles. The van der Waals surface area contributed by atoms with Gasteiger partial charge >= 0.3 is 0 Å². The monoisotopic (exact) mass is 438 g/mol. The Morgan fingerprint density at radius 2 is 1.97 bits per heavy atom. The van der Waals surface area contributed by atoms with Crippen LogP contribution in [0.1, 0.15) is 34.9 Å². The quantitative estimate of drug-likeness (QED) is 0.476. The van der Waals surface area contributed by atoms with E-state index in [9.17, 15) is 4.79 Å². The highest BCUT2D eigenvalue weighted by Gasteiger charge is 2.33. The molecule has 164 valence electrons. The third-order valence-electron chi connectivity index (χ3n) is 6.34. The Kier molecular flexibility index (Phi) is 4.64. The molecule has 0 radical (unpaired) electrons. The number of amides is 1. The molecule has 4 bridgehead atoms. The molecule has 1 saturated carbocycles. The minimum Gasteiger partial charge on any atom is -0.492 e. The average molecular weight is 438 g/mol. The lowest BCUT2D eigenvalue weighted by molar-refractivity contribution is 0.101. The number of benzene rings is 1. The van der Waals surface area contributed by atoms with Crippen LogP contribution in [0.5, 0.6) is 5.75 Å². The number of carbonyl (C=O) groups excluding carboxylic acids is 1. The Morgan fingerprint density at radius 3 is 2.82 bits per heavy atom. The fraction of sp³-hybridized carbons (Fsp3) is 0.240. The summed E-state index contributed by atoms with van der Waals surface area (Å²) in [6.45, 7) is 2.51. The van der Waals surface area contributed by atoms with Gasteiger partial charge in [0.15, 0.2) is 5.82 Å². The van der Waals surface area contributed by atoms with Crippen molar-refractivity contribution in [3.63, 3.8) is 0 Å². The summed E-state index contributed by atoms with van der Waals surface area (Å²) in [7, 11) is 0. The first kappa shape index (κ1) is 19.6. The molecule has 33 heavy (non-hydrogen) atoms. The summed E-state index contributed by atoms with van der Waals surface area (Å²) < 4.78 is 8.23. The van der Waals surface area contributed by atoms with Crippen molar-refractivity contribution in [2.75, 3.05) is 11.9 Å². The number of nitrogens with one attached hydrogen (secondary N) is 1. The van der Waals surface area contributed by atoms with Crippen molar-refractivity contribution in [2.24, 2.45) is 5.92 Å². The maximum absolute atomic E-state index is 13.3. The molecular formula is C25H22N6O2. The summed E-state index contributed by atoms with van der Waals surface area (Å²) in [5.41, 5.74) is 3.94. The van der Waals surface area contributed by atoms with E-state index in [4.69, 9.17) is 4.74 Å². The van der Waals surface area contributed by atoms with Crippen molar-refractivity contribution in [1.82, 2.24) is 24.7 Å². The van der Waals surface area contributed by atoms with E-state index in [1.54, 1.807) is 12.4 Å². The standard InChI is InChI=1S/C25H22N6O2/c1-15-5-6-18(12-26-15)17-7-8-22-20(11-17)25(32)29-23-4-2-3-21(28-23)24-30-27-14-31(24)19-9-16(10-19)13-33-22/h2-8,11-12,14,16,19H,9-10,13H2,1H3,(H,28,29,32)/t16-,19+. The number of anilines is 1. The van der Waals surface area contributed by atoms with Gasteiger partial charge in [-0.3, -0.25) is 9.78 Å². The molecule has 4 aromatic rings. The third kappa shape index (κ3) is 3.63. The van der Waals surface area contributed by atoms with E-state index in [0.717, 1.165) is 29.7 Å². The number of aromatic nitrogens is 5. The van der Waals surface area contributed by atoms with Crippen molar-refractivity contribution < 1.29 is 9.53 Å². The van der Waals surface area contributed by atoms with E-state index in [-0.39, 0.29) is 5.91 Å². The van der Waals surface area contributed by atoms with Crippen LogP contribution in [0.4, 0.5) is 5.82 Å². The summed E-state index contributed by atoms with van der Waals surface area (Å²) >= 11 is 0. The van der Waals surface area contributed by atoms with Crippen LogP contribution in [0.15, 0.2) is 61.1 Å². The fourth-order valence-electron chi connectivity index (χ4n) is 4.43. The second-order valence-electron chi connectivity index (χ2n) is 8.63. The maximum Gasteiger partial charge on any atom is 0.260 e. The fourth-order valence-corrected chi connectivity index (χ4v) is 4.43. The van der Waals surface area contributed by atoms with Gasteiger partial charge in [-0.1, -0.05) is 18.2 Å². The average Bonchev–Trinajstić information content (AvgIpc) is 3.28. The van der Waals surface area contributed by atoms with Gasteiger partial charge in [-0.05, 0) is 61.6 Å². The Labute approximate surface area is 190 Å². The molecule has 1 aromatic carbocycles. The van der Waals surface area contributed by atoms with Gasteiger partial charge in [-0.2, -0.15) is 0 Å². The summed E-state index contributed by atoms with van der Waals surface area (Å²) in [5, 5.41) is 11.3. The van der Waals surface area contributed by atoms with E-state index in [1.165, 1.54) is 0 Å². The van der Waals surface area contributed by atoms with Crippen molar-refractivity contribution in [2.45, 2.75) is 25.8 Å². The van der Waals surface area contributed by atoms with Gasteiger partial charge in [0.05, 0.1) is 12.2 Å². The molecule has 1 amide bonds. The van der Waals surface area contributed by atoms with Crippen LogP contribution in [0, 0.1) is 12.8 Å². The Morgan fingerprint density at radius 1 is 1.09 bits per heavy atom. The Balaban J connectivity index is 1.41. The first-order valence-corrected chi connectivity index (χ1v) is 11.0. The number of rotatable bonds is 1. The zero-order valence-electron chi connectivity index (χ0n) is 18.1. The lowest BCUT2D eigenvalue weighted by Gasteiger charge is -2.36. The Hall–Kier alpha value is -4.07. The predicted molar refractivity (Wildman–Crippen MR) is 123 cm³/mol. The van der Waals surface area contributed by atoms with Crippen LogP contribution in [-0.4, -0.2) is 37.2 Å². The molecule has 0 atom stereocenters. The van der Waals surface area contributed by atoms with Crippen LogP contribution in [-0.2, 0) is 0 Å². The molecule has 2 aliphatic heterocycles. The summed E-state index contributed by atoms with van der Waals surface area (Å²) in [6, 6.07) is 15.5. The summed E-state index contributed by atoms with van der Waals surface area (Å²) in [6.07, 6.45) is 5.51. The molecule has 8 heteroatoms. The van der Waals surface area contributed by atoms with Crippen molar-refractivity contribution in [3.8, 4) is 28.4 Å². The van der Waals surface area contributed by atoms with E-state index < -0.39 is 0 Å². The number of aryl methyl sites for hydroxylation is 1. The maximum atomic E-state index is 13.3. The van der Waals surface area contributed by atoms with Crippen molar-refractivity contribution >= 4 is 11.7 Å². The number of pyridine rings is 2. The predicted octanol–water partition coefficient (Wildman–Crippen LogP) is 4.31. The van der Waals surface area contributed by atoms with Crippen LogP contribution in [0.25, 0.3) is 22.6 Å². The number of hydrogen-bond acceptors (Lipinski definition) is 6. The molecule has 0 unspecified atom stereocenters. The third-order valence-corrected chi connectivity index (χ3v) is 6.34. The number of hydrogen-bond donors (Lipinski definition) is 1. The normalized spacial score (nSPS) is 19.2. The molecular weight excluding hydrogens is 416 g/mol. The second kappa shape index (κ2) is 7.81. The largest absolute Gasteiger partial charge is 0.492 e. The summed E-state index contributed by atoms with van der Waals surface area (Å²) in [4.78, 5) is 22.3. The molecule has 3 aromatic heterocycles. The highest BCUT2D eigenvalue weighted by atomic mass is 16.5. The zero-order chi connectivity index (χ0) is 22.4. The molecule has 1 N–H and O–H groups in total. The minimum absolute atomic E-state index is 0.276. The lowest BCUT2D eigenvalue weighted by Crippen LogP contribution is -2.31. The zero-order valence-corrected chi connectivity index (χ0v) is 18.1. The molecule has 0 saturated heterocycles. The topological polar surface area (TPSA) is 94.8 Å². The van der Waals surface area contributed by atoms with Crippen molar-refractivity contribution in [1.29, 1.82) is 0 Å². The van der Waals surface area contributed by atoms with Crippen molar-refractivity contribution in [3.05, 3.63) is 72.3 Å². The number of carbonyl (C=O) groups is 1. The van der Waals surface area contributed by atoms with E-state index in [1.807, 2.05) is 55.6 Å². The van der Waals surface area contributed by atoms with Gasteiger partial charge in [-0.25, -0.2) is 4.98 Å². The van der Waals surface area contributed by atoms with Crippen LogP contribution >= 0.6 is 0 Å². The van der Waals surface area contributed by atoms with Gasteiger partial charge < -0.3 is 14.6 Å². The van der Waals surface area contributed by atoms with Gasteiger partial charge in [0.1, 0.15) is 23.6 Å². The molecule has 3 aliphatic rings. The summed E-state index contributed by atoms with van der Waals surface area (Å²) in [5.74, 6) is 1.86. The molecule has 8 nitrogen and oxygen atoms in total. The Bertz CT molecular complexity index is 1340. The van der Waals surface area contributed by atoms with Gasteiger partial charge in [0.2, 0.25) is 0 Å². The molecule has 5 heterocycles. The highest BCUT2D eigenvalue weighted by molar-refractivity contribution is 6.06. The van der Waals surface area contributed by atoms with Gasteiger partial charge in [0, 0.05) is 23.5 Å². The number of fused-ring (bicyclic) bond motifs is 2. The van der Waals surface area contributed by atoms with Crippen LogP contribution in [0.2, 0.25) is 0 Å². The highest BCUT2D eigenvalue weighted by Crippen LogP contribution is 2.40. The molecule has 7 rings (SSSR count). The number of nitrogens with zero attached hydrogens (tertiary/aromatic N) is 5. The van der Waals surface area contributed by atoms with E-state index in [2.05, 4.69) is 30.0 Å².